The van der Waals surface area contributed by atoms with E-state index in [2.05, 4.69) is 9.97 Å². The van der Waals surface area contributed by atoms with Crippen molar-refractivity contribution in [2.24, 2.45) is 0 Å². The van der Waals surface area contributed by atoms with Crippen LogP contribution in [0.1, 0.15) is 19.4 Å². The van der Waals surface area contributed by atoms with Gasteiger partial charge < -0.3 is 9.64 Å². The predicted molar refractivity (Wildman–Crippen MR) is 123 cm³/mol. The number of fused-ring (bicyclic) bond motifs is 2. The monoisotopic (exact) mass is 467 g/mol. The molecule has 8 nitrogen and oxygen atoms in total. The summed E-state index contributed by atoms with van der Waals surface area (Å²) in [5.74, 6) is -0.200. The predicted octanol–water partition coefficient (Wildman–Crippen LogP) is 5.53. The Hall–Kier alpha value is -3.72. The Bertz CT molecular complexity index is 1440. The van der Waals surface area contributed by atoms with Crippen LogP contribution in [0.4, 0.5) is 21.5 Å². The summed E-state index contributed by atoms with van der Waals surface area (Å²) in [5, 5.41) is 12.0. The topological polar surface area (TPSA) is 85.8 Å². The van der Waals surface area contributed by atoms with Gasteiger partial charge in [0.15, 0.2) is 0 Å². The van der Waals surface area contributed by atoms with Gasteiger partial charge in [0.25, 0.3) is 5.69 Å². The van der Waals surface area contributed by atoms with Crippen LogP contribution in [-0.4, -0.2) is 32.9 Å². The van der Waals surface area contributed by atoms with Crippen LogP contribution in [0.5, 0.6) is 5.75 Å². The van der Waals surface area contributed by atoms with Crippen LogP contribution < -0.4 is 9.64 Å². The largest absolute Gasteiger partial charge is 0.494 e. The lowest BCUT2D eigenvalue weighted by molar-refractivity contribution is -0.384. The number of nitro benzene ring substituents is 1. The number of methoxy groups -OCH3 is 1. The molecule has 2 aromatic heterocycles. The van der Waals surface area contributed by atoms with E-state index in [1.54, 1.807) is 34.9 Å². The second-order valence-electron chi connectivity index (χ2n) is 8.48. The molecule has 0 fully saturated rings. The minimum absolute atomic E-state index is 0.0393. The number of hydrogen-bond donors (Lipinski definition) is 0. The molecule has 2 aromatic carbocycles. The van der Waals surface area contributed by atoms with Crippen LogP contribution in [0.2, 0.25) is 5.15 Å². The Balaban J connectivity index is 1.81. The highest BCUT2D eigenvalue weighted by atomic mass is 35.5. The molecule has 0 radical (unpaired) electrons. The maximum atomic E-state index is 15.6. The van der Waals surface area contributed by atoms with E-state index < -0.39 is 16.2 Å². The van der Waals surface area contributed by atoms with Crippen LogP contribution in [0.3, 0.4) is 0 Å². The molecule has 3 heterocycles. The number of nitro groups is 1. The second-order valence-corrected chi connectivity index (χ2v) is 8.87. The van der Waals surface area contributed by atoms with Gasteiger partial charge in [0.2, 0.25) is 0 Å². The van der Waals surface area contributed by atoms with Crippen molar-refractivity contribution in [2.45, 2.75) is 19.3 Å². The van der Waals surface area contributed by atoms with E-state index in [4.69, 9.17) is 16.3 Å². The average Bonchev–Trinajstić information content (AvgIpc) is 3.31. The van der Waals surface area contributed by atoms with Crippen molar-refractivity contribution in [3.63, 3.8) is 0 Å². The molecular weight excluding hydrogens is 449 g/mol. The van der Waals surface area contributed by atoms with Gasteiger partial charge in [0.1, 0.15) is 34.4 Å². The number of anilines is 2. The van der Waals surface area contributed by atoms with Gasteiger partial charge in [-0.25, -0.2) is 14.4 Å². The maximum absolute atomic E-state index is 15.6. The van der Waals surface area contributed by atoms with Crippen molar-refractivity contribution in [1.82, 2.24) is 14.4 Å². The number of benzene rings is 2. The number of para-hydroxylation sites is 2. The van der Waals surface area contributed by atoms with Crippen molar-refractivity contribution in [2.75, 3.05) is 18.6 Å². The Morgan fingerprint density at radius 2 is 2.03 bits per heavy atom. The number of halogens is 2. The van der Waals surface area contributed by atoms with Crippen LogP contribution in [-0.2, 0) is 5.41 Å². The van der Waals surface area contributed by atoms with Gasteiger partial charge in [0, 0.05) is 41.9 Å². The van der Waals surface area contributed by atoms with E-state index in [0.717, 1.165) is 0 Å². The van der Waals surface area contributed by atoms with Crippen molar-refractivity contribution in [3.05, 3.63) is 75.6 Å². The first-order valence-corrected chi connectivity index (χ1v) is 10.5. The number of hydrogen-bond acceptors (Lipinski definition) is 6. The van der Waals surface area contributed by atoms with E-state index in [9.17, 15) is 10.1 Å². The van der Waals surface area contributed by atoms with Crippen LogP contribution in [0, 0.1) is 15.9 Å². The highest BCUT2D eigenvalue weighted by molar-refractivity contribution is 6.29. The maximum Gasteiger partial charge on any atom is 0.292 e. The smallest absolute Gasteiger partial charge is 0.292 e. The van der Waals surface area contributed by atoms with Gasteiger partial charge in [-0.05, 0) is 11.6 Å². The highest BCUT2D eigenvalue weighted by Crippen LogP contribution is 2.54. The Kier molecular flexibility index (Phi) is 4.75. The summed E-state index contributed by atoms with van der Waals surface area (Å²) in [6.07, 6.45) is 3.20. The molecule has 10 heteroatoms. The molecule has 33 heavy (non-hydrogen) atoms. The zero-order valence-electron chi connectivity index (χ0n) is 18.0. The fraction of sp³-hybridized carbons (Fsp3) is 0.217. The first-order valence-electron chi connectivity index (χ1n) is 10.1. The van der Waals surface area contributed by atoms with Crippen molar-refractivity contribution < 1.29 is 14.1 Å². The summed E-state index contributed by atoms with van der Waals surface area (Å²) in [5.41, 5.74) is 2.31. The number of nitrogens with zero attached hydrogens (tertiary/aromatic N) is 5. The Morgan fingerprint density at radius 1 is 1.27 bits per heavy atom. The second kappa shape index (κ2) is 7.41. The molecule has 0 saturated carbocycles. The van der Waals surface area contributed by atoms with Gasteiger partial charge in [-0.3, -0.25) is 14.5 Å². The first kappa shape index (κ1) is 21.1. The lowest BCUT2D eigenvalue weighted by Gasteiger charge is -2.22. The molecule has 0 atom stereocenters. The zero-order valence-corrected chi connectivity index (χ0v) is 18.8. The zero-order chi connectivity index (χ0) is 23.5. The minimum atomic E-state index is -0.574. The molecule has 168 valence electrons. The first-order chi connectivity index (χ1) is 15.7. The quantitative estimate of drug-likeness (QED) is 0.223. The third-order valence-electron chi connectivity index (χ3n) is 5.88. The lowest BCUT2D eigenvalue weighted by Crippen LogP contribution is -2.25. The van der Waals surface area contributed by atoms with Crippen LogP contribution in [0.15, 0.2) is 48.9 Å². The molecule has 0 saturated heterocycles. The molecule has 1 aliphatic rings. The van der Waals surface area contributed by atoms with Gasteiger partial charge in [-0.2, -0.15) is 0 Å². The molecule has 0 unspecified atom stereocenters. The number of ether oxygens (including phenoxy) is 1. The molecular formula is C23H19ClFN5O3. The standard InChI is InChI=1S/C23H19ClFN5O3/c1-23(2)11-29(15-6-4-5-7-16(15)30(31)32)22-17(33-3)8-13(25)20(21(22)23)14-10-28-12-26-18(24)9-19(28)27-14/h4-10,12H,11H2,1-3H3. The van der Waals surface area contributed by atoms with E-state index >= 15 is 4.39 Å². The number of rotatable bonds is 4. The third-order valence-corrected chi connectivity index (χ3v) is 6.08. The summed E-state index contributed by atoms with van der Waals surface area (Å²) in [6, 6.07) is 9.39. The Labute approximate surface area is 193 Å². The SMILES string of the molecule is COc1cc(F)c(-c2cn3cnc(Cl)cc3n2)c2c1N(c1ccccc1[N+](=O)[O-])CC2(C)C. The lowest BCUT2D eigenvalue weighted by atomic mass is 9.82. The summed E-state index contributed by atoms with van der Waals surface area (Å²) in [4.78, 5) is 21.8. The molecule has 0 N–H and O–H groups in total. The van der Waals surface area contributed by atoms with Crippen LogP contribution >= 0.6 is 11.6 Å². The number of aromatic nitrogens is 3. The summed E-state index contributed by atoms with van der Waals surface area (Å²) < 4.78 is 22.8. The molecule has 0 amide bonds. The molecule has 1 aliphatic heterocycles. The van der Waals surface area contributed by atoms with E-state index in [0.29, 0.717) is 46.1 Å². The van der Waals surface area contributed by atoms with Gasteiger partial charge in [0.05, 0.1) is 23.4 Å². The van der Waals surface area contributed by atoms with Gasteiger partial charge in [-0.15, -0.1) is 0 Å². The molecule has 4 aromatic rings. The third kappa shape index (κ3) is 3.27. The highest BCUT2D eigenvalue weighted by Gasteiger charge is 2.43. The Morgan fingerprint density at radius 3 is 2.76 bits per heavy atom. The van der Waals surface area contributed by atoms with E-state index in [1.165, 1.54) is 25.6 Å². The van der Waals surface area contributed by atoms with Gasteiger partial charge in [-0.1, -0.05) is 37.6 Å². The number of imidazole rings is 1. The van der Waals surface area contributed by atoms with E-state index in [1.807, 2.05) is 18.7 Å². The van der Waals surface area contributed by atoms with E-state index in [-0.39, 0.29) is 10.8 Å². The van der Waals surface area contributed by atoms with Crippen LogP contribution in [0.25, 0.3) is 16.9 Å². The molecule has 0 bridgehead atoms. The summed E-state index contributed by atoms with van der Waals surface area (Å²) in [6.45, 7) is 4.33. The normalized spacial score (nSPS) is 14.5. The summed E-state index contributed by atoms with van der Waals surface area (Å²) >= 11 is 5.99. The van der Waals surface area contributed by atoms with Crippen molar-refractivity contribution >= 4 is 34.3 Å². The molecule has 5 rings (SSSR count). The molecule has 0 spiro atoms. The minimum Gasteiger partial charge on any atom is -0.494 e. The van der Waals surface area contributed by atoms with Crippen molar-refractivity contribution in [3.8, 4) is 17.0 Å². The van der Waals surface area contributed by atoms with Gasteiger partial charge >= 0.3 is 0 Å². The summed E-state index contributed by atoms with van der Waals surface area (Å²) in [7, 11) is 1.45. The fourth-order valence-electron chi connectivity index (χ4n) is 4.54. The molecule has 0 aliphatic carbocycles. The fourth-order valence-corrected chi connectivity index (χ4v) is 4.69. The average molecular weight is 468 g/mol. The van der Waals surface area contributed by atoms with Crippen molar-refractivity contribution in [1.29, 1.82) is 0 Å².